The van der Waals surface area contributed by atoms with Crippen molar-refractivity contribution in [2.75, 3.05) is 5.32 Å². The Balaban J connectivity index is 1.99. The van der Waals surface area contributed by atoms with Gasteiger partial charge in [0.1, 0.15) is 11.0 Å². The maximum absolute atomic E-state index is 11.8. The summed E-state index contributed by atoms with van der Waals surface area (Å²) in [6.45, 7) is 1.81. The van der Waals surface area contributed by atoms with Gasteiger partial charge in [0.05, 0.1) is 5.02 Å². The second-order valence-electron chi connectivity index (χ2n) is 4.71. The molecule has 1 aromatic carbocycles. The van der Waals surface area contributed by atoms with E-state index in [1.165, 1.54) is 0 Å². The molecule has 1 aliphatic carbocycles. The molecule has 1 aromatic rings. The second kappa shape index (κ2) is 5.75. The van der Waals surface area contributed by atoms with Crippen LogP contribution in [0.15, 0.2) is 18.2 Å². The number of nitrogens with two attached hydrogens (primary N) is 1. The number of hydrogen-bond donors (Lipinski definition) is 3. The van der Waals surface area contributed by atoms with Gasteiger partial charge in [-0.1, -0.05) is 23.8 Å². The number of halogens is 1. The molecule has 0 heterocycles. The van der Waals surface area contributed by atoms with Crippen LogP contribution in [-0.2, 0) is 4.79 Å². The topological polar surface area (TPSA) is 67.1 Å². The lowest BCUT2D eigenvalue weighted by atomic mass is 10.2. The van der Waals surface area contributed by atoms with Gasteiger partial charge in [0.15, 0.2) is 0 Å². The standard InChI is InChI=1S/C13H16ClN3OS/c1-7(13(18)17-8-2-3-8)16-9-4-5-10(12(15)19)11(14)6-9/h4-8,16H,2-3H2,1H3,(H2,15,19)(H,17,18). The maximum Gasteiger partial charge on any atom is 0.242 e. The summed E-state index contributed by atoms with van der Waals surface area (Å²) in [7, 11) is 0. The molecule has 1 unspecified atom stereocenters. The normalized spacial score (nSPS) is 15.7. The quantitative estimate of drug-likeness (QED) is 0.728. The monoisotopic (exact) mass is 297 g/mol. The maximum atomic E-state index is 11.8. The second-order valence-corrected chi connectivity index (χ2v) is 5.55. The average molecular weight is 298 g/mol. The Morgan fingerprint density at radius 1 is 1.53 bits per heavy atom. The summed E-state index contributed by atoms with van der Waals surface area (Å²) < 4.78 is 0. The zero-order valence-electron chi connectivity index (χ0n) is 10.6. The minimum atomic E-state index is -0.313. The molecule has 1 fully saturated rings. The van der Waals surface area contributed by atoms with E-state index >= 15 is 0 Å². The molecule has 6 heteroatoms. The van der Waals surface area contributed by atoms with Crippen molar-refractivity contribution in [3.63, 3.8) is 0 Å². The molecule has 2 rings (SSSR count). The number of thiocarbonyl (C=S) groups is 1. The molecule has 19 heavy (non-hydrogen) atoms. The lowest BCUT2D eigenvalue weighted by molar-refractivity contribution is -0.121. The predicted octanol–water partition coefficient (Wildman–Crippen LogP) is 2.05. The summed E-state index contributed by atoms with van der Waals surface area (Å²) in [4.78, 5) is 12.1. The molecule has 1 saturated carbocycles. The van der Waals surface area contributed by atoms with Crippen LogP contribution in [0.3, 0.4) is 0 Å². The van der Waals surface area contributed by atoms with E-state index in [1.807, 2.05) is 6.92 Å². The number of benzene rings is 1. The van der Waals surface area contributed by atoms with Crippen molar-refractivity contribution in [2.24, 2.45) is 5.73 Å². The van der Waals surface area contributed by atoms with Gasteiger partial charge < -0.3 is 16.4 Å². The van der Waals surface area contributed by atoms with Gasteiger partial charge in [-0.25, -0.2) is 0 Å². The van der Waals surface area contributed by atoms with Crippen molar-refractivity contribution in [3.05, 3.63) is 28.8 Å². The highest BCUT2D eigenvalue weighted by molar-refractivity contribution is 7.80. The van der Waals surface area contributed by atoms with Gasteiger partial charge in [-0.15, -0.1) is 0 Å². The highest BCUT2D eigenvalue weighted by Gasteiger charge is 2.25. The van der Waals surface area contributed by atoms with Gasteiger partial charge in [-0.05, 0) is 38.0 Å². The zero-order chi connectivity index (χ0) is 14.0. The van der Waals surface area contributed by atoms with Crippen LogP contribution >= 0.6 is 23.8 Å². The van der Waals surface area contributed by atoms with E-state index in [1.54, 1.807) is 18.2 Å². The van der Waals surface area contributed by atoms with Crippen LogP contribution in [0.25, 0.3) is 0 Å². The summed E-state index contributed by atoms with van der Waals surface area (Å²) in [5.41, 5.74) is 6.94. The Morgan fingerprint density at radius 3 is 2.74 bits per heavy atom. The Hall–Kier alpha value is -1.33. The molecule has 0 saturated heterocycles. The first-order chi connectivity index (χ1) is 8.97. The van der Waals surface area contributed by atoms with Crippen LogP contribution in [0.2, 0.25) is 5.02 Å². The SMILES string of the molecule is CC(Nc1ccc(C(N)=S)c(Cl)c1)C(=O)NC1CC1. The van der Waals surface area contributed by atoms with Crippen molar-refractivity contribution in [1.29, 1.82) is 0 Å². The van der Waals surface area contributed by atoms with Gasteiger partial charge in [-0.3, -0.25) is 4.79 Å². The smallest absolute Gasteiger partial charge is 0.242 e. The Kier molecular flexibility index (Phi) is 4.27. The number of hydrogen-bond acceptors (Lipinski definition) is 3. The van der Waals surface area contributed by atoms with Gasteiger partial charge >= 0.3 is 0 Å². The minimum absolute atomic E-state index is 0.00274. The van der Waals surface area contributed by atoms with Crippen molar-refractivity contribution in [2.45, 2.75) is 31.8 Å². The Morgan fingerprint density at radius 2 is 2.21 bits per heavy atom. The Labute approximate surface area is 122 Å². The largest absolute Gasteiger partial charge is 0.389 e. The van der Waals surface area contributed by atoms with Crippen LogP contribution in [0.1, 0.15) is 25.3 Å². The zero-order valence-corrected chi connectivity index (χ0v) is 12.1. The fourth-order valence-electron chi connectivity index (χ4n) is 1.67. The molecule has 1 amide bonds. The lowest BCUT2D eigenvalue weighted by Crippen LogP contribution is -2.38. The van der Waals surface area contributed by atoms with Crippen LogP contribution < -0.4 is 16.4 Å². The van der Waals surface area contributed by atoms with E-state index in [0.29, 0.717) is 16.6 Å². The van der Waals surface area contributed by atoms with E-state index in [4.69, 9.17) is 29.6 Å². The molecule has 1 aliphatic rings. The first kappa shape index (κ1) is 14.1. The molecule has 0 spiro atoms. The van der Waals surface area contributed by atoms with Gasteiger partial charge in [0, 0.05) is 17.3 Å². The summed E-state index contributed by atoms with van der Waals surface area (Å²) in [6.07, 6.45) is 2.15. The number of carbonyl (C=O) groups excluding carboxylic acids is 1. The van der Waals surface area contributed by atoms with Crippen molar-refractivity contribution in [3.8, 4) is 0 Å². The van der Waals surface area contributed by atoms with E-state index in [-0.39, 0.29) is 16.9 Å². The highest BCUT2D eigenvalue weighted by Crippen LogP contribution is 2.22. The fourth-order valence-corrected chi connectivity index (χ4v) is 2.19. The molecule has 0 aliphatic heterocycles. The molecule has 1 atom stereocenters. The van der Waals surface area contributed by atoms with Crippen molar-refractivity contribution in [1.82, 2.24) is 5.32 Å². The number of rotatable bonds is 5. The first-order valence-corrected chi connectivity index (χ1v) is 6.92. The fraction of sp³-hybridized carbons (Fsp3) is 0.385. The highest BCUT2D eigenvalue weighted by atomic mass is 35.5. The van der Waals surface area contributed by atoms with Gasteiger partial charge in [0.2, 0.25) is 5.91 Å². The molecular weight excluding hydrogens is 282 g/mol. The molecule has 102 valence electrons. The summed E-state index contributed by atoms with van der Waals surface area (Å²) >= 11 is 11.0. The van der Waals surface area contributed by atoms with Crippen LogP contribution in [0.5, 0.6) is 0 Å². The molecule has 4 N–H and O–H groups in total. The third-order valence-corrected chi connectivity index (χ3v) is 3.47. The third kappa shape index (κ3) is 3.81. The minimum Gasteiger partial charge on any atom is -0.389 e. The number of nitrogens with one attached hydrogen (secondary N) is 2. The van der Waals surface area contributed by atoms with Gasteiger partial charge in [-0.2, -0.15) is 0 Å². The first-order valence-electron chi connectivity index (χ1n) is 6.13. The van der Waals surface area contributed by atoms with Crippen molar-refractivity contribution >= 4 is 40.4 Å². The molecule has 0 bridgehead atoms. The number of anilines is 1. The summed E-state index contributed by atoms with van der Waals surface area (Å²) in [6, 6.07) is 5.32. The number of amides is 1. The average Bonchev–Trinajstić information content (AvgIpc) is 3.12. The predicted molar refractivity (Wildman–Crippen MR) is 81.6 cm³/mol. The van der Waals surface area contributed by atoms with E-state index in [9.17, 15) is 4.79 Å². The summed E-state index contributed by atoms with van der Waals surface area (Å²) in [5, 5.41) is 6.52. The van der Waals surface area contributed by atoms with Crippen LogP contribution in [0.4, 0.5) is 5.69 Å². The molecular formula is C13H16ClN3OS. The van der Waals surface area contributed by atoms with Crippen LogP contribution in [-0.4, -0.2) is 23.0 Å². The third-order valence-electron chi connectivity index (χ3n) is 2.93. The van der Waals surface area contributed by atoms with Gasteiger partial charge in [0.25, 0.3) is 0 Å². The molecule has 0 aromatic heterocycles. The lowest BCUT2D eigenvalue weighted by Gasteiger charge is -2.15. The van der Waals surface area contributed by atoms with E-state index in [2.05, 4.69) is 10.6 Å². The molecule has 4 nitrogen and oxygen atoms in total. The molecule has 0 radical (unpaired) electrons. The van der Waals surface area contributed by atoms with Crippen molar-refractivity contribution < 1.29 is 4.79 Å². The number of carbonyl (C=O) groups is 1. The van der Waals surface area contributed by atoms with E-state index in [0.717, 1.165) is 18.5 Å². The van der Waals surface area contributed by atoms with E-state index < -0.39 is 0 Å². The van der Waals surface area contributed by atoms with Crippen LogP contribution in [0, 0.1) is 0 Å². The Bertz CT molecular complexity index is 517. The summed E-state index contributed by atoms with van der Waals surface area (Å²) in [5.74, 6) is -0.00274.